The highest BCUT2D eigenvalue weighted by Crippen LogP contribution is 2.29. The summed E-state index contributed by atoms with van der Waals surface area (Å²) in [4.78, 5) is 17.1. The molecule has 7 heteroatoms. The zero-order valence-electron chi connectivity index (χ0n) is 15.2. The molecular weight excluding hydrogens is 526 g/mol. The van der Waals surface area contributed by atoms with Crippen LogP contribution in [0.4, 0.5) is 4.39 Å². The Bertz CT molecular complexity index is 1020. The van der Waals surface area contributed by atoms with Gasteiger partial charge in [-0.25, -0.2) is 9.18 Å². The molecule has 0 fully saturated rings. The molecule has 0 spiro atoms. The van der Waals surface area contributed by atoms with E-state index in [9.17, 15) is 9.18 Å². The molecule has 2 heterocycles. The van der Waals surface area contributed by atoms with Gasteiger partial charge in [-0.2, -0.15) is 0 Å². The second kappa shape index (κ2) is 7.87. The van der Waals surface area contributed by atoms with Gasteiger partial charge in [0.15, 0.2) is 0 Å². The molecule has 0 radical (unpaired) electrons. The highest BCUT2D eigenvalue weighted by Gasteiger charge is 2.25. The highest BCUT2D eigenvalue weighted by molar-refractivity contribution is 14.1. The predicted octanol–water partition coefficient (Wildman–Crippen LogP) is 5.94. The lowest BCUT2D eigenvalue weighted by molar-refractivity contribution is -0.00347. The van der Waals surface area contributed by atoms with Crippen LogP contribution >= 0.6 is 38.5 Å². The summed E-state index contributed by atoms with van der Waals surface area (Å²) in [7, 11) is 0. The monoisotopic (exact) mass is 544 g/mol. The fourth-order valence-corrected chi connectivity index (χ4v) is 3.56. The van der Waals surface area contributed by atoms with Gasteiger partial charge in [-0.05, 0) is 77.0 Å². The average molecular weight is 545 g/mol. The smallest absolute Gasteiger partial charge is 0.355 e. The minimum atomic E-state index is -0.581. The Morgan fingerprint density at radius 3 is 2.74 bits per heavy atom. The Balaban J connectivity index is 2.11. The fourth-order valence-electron chi connectivity index (χ4n) is 2.67. The van der Waals surface area contributed by atoms with Gasteiger partial charge in [-0.1, -0.05) is 13.0 Å². The molecule has 27 heavy (non-hydrogen) atoms. The van der Waals surface area contributed by atoms with E-state index in [1.54, 1.807) is 29.1 Å². The van der Waals surface area contributed by atoms with Crippen LogP contribution in [-0.2, 0) is 11.3 Å². The van der Waals surface area contributed by atoms with E-state index >= 15 is 0 Å². The van der Waals surface area contributed by atoms with Crippen molar-refractivity contribution in [1.29, 1.82) is 0 Å². The standard InChI is InChI=1S/C20H19BrFIN2O2/c1-4-20(2,3)27-19(26)17-8-14-15(21)9-24-10-18(14)25(17)11-12-5-6-13(23)7-16(12)22/h5-10H,4,11H2,1-3H3. The lowest BCUT2D eigenvalue weighted by Crippen LogP contribution is -2.28. The van der Waals surface area contributed by atoms with Gasteiger partial charge in [0, 0.05) is 25.2 Å². The number of carbonyl (C=O) groups excluding carboxylic acids is 1. The van der Waals surface area contributed by atoms with Crippen LogP contribution < -0.4 is 0 Å². The second-order valence-corrected chi connectivity index (χ2v) is 9.01. The number of halogens is 3. The Hall–Kier alpha value is -1.48. The third kappa shape index (κ3) is 4.34. The molecule has 0 saturated heterocycles. The normalized spacial score (nSPS) is 11.8. The van der Waals surface area contributed by atoms with Crippen LogP contribution in [0, 0.1) is 9.39 Å². The fraction of sp³-hybridized carbons (Fsp3) is 0.300. The Morgan fingerprint density at radius 1 is 1.33 bits per heavy atom. The van der Waals surface area contributed by atoms with Crippen molar-refractivity contribution < 1.29 is 13.9 Å². The molecule has 2 aromatic heterocycles. The van der Waals surface area contributed by atoms with Gasteiger partial charge in [0.25, 0.3) is 0 Å². The number of ether oxygens (including phenoxy) is 1. The van der Waals surface area contributed by atoms with Gasteiger partial charge in [0.1, 0.15) is 17.1 Å². The second-order valence-electron chi connectivity index (χ2n) is 6.91. The van der Waals surface area contributed by atoms with E-state index in [2.05, 4.69) is 43.5 Å². The molecule has 0 atom stereocenters. The van der Waals surface area contributed by atoms with E-state index in [0.29, 0.717) is 17.7 Å². The molecule has 0 aliphatic rings. The van der Waals surface area contributed by atoms with Crippen molar-refractivity contribution in [2.75, 3.05) is 0 Å². The molecular formula is C20H19BrFIN2O2. The van der Waals surface area contributed by atoms with Crippen LogP contribution in [0.5, 0.6) is 0 Å². The third-order valence-electron chi connectivity index (χ3n) is 4.55. The summed E-state index contributed by atoms with van der Waals surface area (Å²) in [6.07, 6.45) is 4.03. The summed E-state index contributed by atoms with van der Waals surface area (Å²) >= 11 is 5.54. The van der Waals surface area contributed by atoms with Crippen LogP contribution in [0.15, 0.2) is 41.1 Å². The Labute approximate surface area is 179 Å². The first-order valence-electron chi connectivity index (χ1n) is 8.52. The van der Waals surface area contributed by atoms with Gasteiger partial charge in [-0.15, -0.1) is 0 Å². The minimum Gasteiger partial charge on any atom is -0.455 e. The number of hydrogen-bond donors (Lipinski definition) is 0. The number of hydrogen-bond acceptors (Lipinski definition) is 3. The molecule has 3 aromatic rings. The maximum absolute atomic E-state index is 14.4. The SMILES string of the molecule is CCC(C)(C)OC(=O)c1cc2c(Br)cncc2n1Cc1ccc(I)cc1F. The Morgan fingerprint density at radius 2 is 2.07 bits per heavy atom. The largest absolute Gasteiger partial charge is 0.455 e. The van der Waals surface area contributed by atoms with Crippen LogP contribution in [0.1, 0.15) is 43.2 Å². The van der Waals surface area contributed by atoms with E-state index in [4.69, 9.17) is 4.74 Å². The number of nitrogens with zero attached hydrogens (tertiary/aromatic N) is 2. The first-order chi connectivity index (χ1) is 12.7. The molecule has 1 aromatic carbocycles. The molecule has 4 nitrogen and oxygen atoms in total. The van der Waals surface area contributed by atoms with Gasteiger partial charge in [0.05, 0.1) is 18.3 Å². The first-order valence-corrected chi connectivity index (χ1v) is 10.4. The molecule has 0 amide bonds. The van der Waals surface area contributed by atoms with Crippen molar-refractivity contribution >= 4 is 55.4 Å². The van der Waals surface area contributed by atoms with E-state index < -0.39 is 11.6 Å². The number of pyridine rings is 1. The zero-order chi connectivity index (χ0) is 19.8. The Kier molecular flexibility index (Phi) is 5.90. The van der Waals surface area contributed by atoms with E-state index in [0.717, 1.165) is 18.9 Å². The third-order valence-corrected chi connectivity index (χ3v) is 5.86. The predicted molar refractivity (Wildman–Crippen MR) is 115 cm³/mol. The summed E-state index contributed by atoms with van der Waals surface area (Å²) in [5.41, 5.74) is 1.03. The molecule has 0 aliphatic heterocycles. The summed E-state index contributed by atoms with van der Waals surface area (Å²) in [5.74, 6) is -0.740. The topological polar surface area (TPSA) is 44.1 Å². The molecule has 0 saturated carbocycles. The summed E-state index contributed by atoms with van der Waals surface area (Å²) in [6, 6.07) is 6.82. The van der Waals surface area contributed by atoms with Crippen molar-refractivity contribution in [3.63, 3.8) is 0 Å². The van der Waals surface area contributed by atoms with E-state index in [-0.39, 0.29) is 12.4 Å². The summed E-state index contributed by atoms with van der Waals surface area (Å²) in [6.45, 7) is 5.91. The van der Waals surface area contributed by atoms with E-state index in [1.165, 1.54) is 6.07 Å². The number of aromatic nitrogens is 2. The molecule has 0 N–H and O–H groups in total. The highest BCUT2D eigenvalue weighted by atomic mass is 127. The van der Waals surface area contributed by atoms with Crippen molar-refractivity contribution in [3.05, 3.63) is 61.8 Å². The molecule has 3 rings (SSSR count). The average Bonchev–Trinajstić information content (AvgIpc) is 2.97. The van der Waals surface area contributed by atoms with Crippen LogP contribution in [0.2, 0.25) is 0 Å². The quantitative estimate of drug-likeness (QED) is 0.295. The van der Waals surface area contributed by atoms with E-state index in [1.807, 2.05) is 26.8 Å². The van der Waals surface area contributed by atoms with Crippen LogP contribution in [0.3, 0.4) is 0 Å². The van der Waals surface area contributed by atoms with Crippen LogP contribution in [-0.4, -0.2) is 21.1 Å². The maximum atomic E-state index is 14.4. The summed E-state index contributed by atoms with van der Waals surface area (Å²) in [5, 5.41) is 0.831. The molecule has 0 aliphatic carbocycles. The van der Waals surface area contributed by atoms with Crippen LogP contribution in [0.25, 0.3) is 10.9 Å². The molecule has 0 bridgehead atoms. The van der Waals surface area contributed by atoms with Crippen molar-refractivity contribution in [2.24, 2.45) is 0 Å². The van der Waals surface area contributed by atoms with Gasteiger partial charge in [-0.3, -0.25) is 4.98 Å². The number of esters is 1. The maximum Gasteiger partial charge on any atom is 0.355 e. The number of fused-ring (bicyclic) bond motifs is 1. The molecule has 0 unspecified atom stereocenters. The van der Waals surface area contributed by atoms with Crippen molar-refractivity contribution in [2.45, 2.75) is 39.3 Å². The lowest BCUT2D eigenvalue weighted by Gasteiger charge is -2.23. The molecule has 142 valence electrons. The number of rotatable bonds is 5. The van der Waals surface area contributed by atoms with Gasteiger partial charge < -0.3 is 9.30 Å². The summed E-state index contributed by atoms with van der Waals surface area (Å²) < 4.78 is 23.4. The lowest BCUT2D eigenvalue weighted by atomic mass is 10.1. The number of carbonyl (C=O) groups is 1. The minimum absolute atomic E-state index is 0.210. The van der Waals surface area contributed by atoms with Crippen molar-refractivity contribution in [3.8, 4) is 0 Å². The number of benzene rings is 1. The van der Waals surface area contributed by atoms with Crippen molar-refractivity contribution in [1.82, 2.24) is 9.55 Å². The van der Waals surface area contributed by atoms with Gasteiger partial charge >= 0.3 is 5.97 Å². The van der Waals surface area contributed by atoms with Gasteiger partial charge in [0.2, 0.25) is 0 Å². The zero-order valence-corrected chi connectivity index (χ0v) is 19.0. The first kappa shape index (κ1) is 20.3.